The van der Waals surface area contributed by atoms with Gasteiger partial charge in [0.25, 0.3) is 0 Å². The summed E-state index contributed by atoms with van der Waals surface area (Å²) in [5.74, 6) is 0. The number of oxime groups is 1. The van der Waals surface area contributed by atoms with Crippen molar-refractivity contribution in [3.05, 3.63) is 29.3 Å². The Balaban J connectivity index is 1.93. The molecule has 0 saturated carbocycles. The predicted octanol–water partition coefficient (Wildman–Crippen LogP) is 2.04. The molecule has 0 bridgehead atoms. The second-order valence-electron chi connectivity index (χ2n) is 4.84. The number of benzene rings is 1. The zero-order chi connectivity index (χ0) is 12.4. The Morgan fingerprint density at radius 3 is 2.78 bits per heavy atom. The van der Waals surface area contributed by atoms with Crippen LogP contribution in [0.15, 0.2) is 23.4 Å². The zero-order valence-corrected chi connectivity index (χ0v) is 10.4. The third-order valence-corrected chi connectivity index (χ3v) is 3.76. The molecule has 1 aliphatic heterocycles. The van der Waals surface area contributed by atoms with Crippen LogP contribution < -0.4 is 4.90 Å². The number of rotatable bonds is 1. The SMILES string of the molecule is O/N=C1\CCCc2ccc(N3CCOCC3)cc21. The number of ether oxygens (including phenoxy) is 1. The Morgan fingerprint density at radius 2 is 2.00 bits per heavy atom. The average molecular weight is 246 g/mol. The second kappa shape index (κ2) is 4.98. The quantitative estimate of drug-likeness (QED) is 0.609. The van der Waals surface area contributed by atoms with Gasteiger partial charge < -0.3 is 14.8 Å². The molecule has 1 aromatic carbocycles. The Bertz CT molecular complexity index is 465. The molecule has 96 valence electrons. The molecule has 1 heterocycles. The first-order chi connectivity index (χ1) is 8.88. The highest BCUT2D eigenvalue weighted by molar-refractivity contribution is 6.03. The highest BCUT2D eigenvalue weighted by Gasteiger charge is 2.18. The minimum atomic E-state index is 0.790. The first kappa shape index (κ1) is 11.5. The Morgan fingerprint density at radius 1 is 1.17 bits per heavy atom. The largest absolute Gasteiger partial charge is 0.411 e. The number of nitrogens with zero attached hydrogens (tertiary/aromatic N) is 2. The van der Waals surface area contributed by atoms with E-state index < -0.39 is 0 Å². The molecule has 0 aromatic heterocycles. The first-order valence-electron chi connectivity index (χ1n) is 6.55. The standard InChI is InChI=1S/C14H18N2O2/c17-15-14-3-1-2-11-4-5-12(10-13(11)14)16-6-8-18-9-7-16/h4-5,10,17H,1-3,6-9H2/b15-14+. The molecule has 18 heavy (non-hydrogen) atoms. The van der Waals surface area contributed by atoms with Gasteiger partial charge in [0, 0.05) is 24.3 Å². The van der Waals surface area contributed by atoms with Crippen LogP contribution in [0.4, 0.5) is 5.69 Å². The molecule has 2 aliphatic rings. The number of anilines is 1. The van der Waals surface area contributed by atoms with E-state index in [1.807, 2.05) is 0 Å². The third kappa shape index (κ3) is 2.08. The van der Waals surface area contributed by atoms with Crippen LogP contribution in [0.3, 0.4) is 0 Å². The summed E-state index contributed by atoms with van der Waals surface area (Å²) in [7, 11) is 0. The third-order valence-electron chi connectivity index (χ3n) is 3.76. The molecule has 0 atom stereocenters. The summed E-state index contributed by atoms with van der Waals surface area (Å²) in [4.78, 5) is 2.33. The van der Waals surface area contributed by atoms with Gasteiger partial charge in [0.15, 0.2) is 0 Å². The molecule has 1 saturated heterocycles. The van der Waals surface area contributed by atoms with E-state index >= 15 is 0 Å². The summed E-state index contributed by atoms with van der Waals surface area (Å²) in [6.07, 6.45) is 3.02. The highest BCUT2D eigenvalue weighted by Crippen LogP contribution is 2.27. The van der Waals surface area contributed by atoms with E-state index in [9.17, 15) is 0 Å². The van der Waals surface area contributed by atoms with Crippen LogP contribution >= 0.6 is 0 Å². The van der Waals surface area contributed by atoms with Crippen molar-refractivity contribution < 1.29 is 9.94 Å². The molecule has 4 nitrogen and oxygen atoms in total. The van der Waals surface area contributed by atoms with E-state index in [0.717, 1.165) is 56.8 Å². The maximum absolute atomic E-state index is 9.09. The molecule has 0 amide bonds. The van der Waals surface area contributed by atoms with E-state index in [-0.39, 0.29) is 0 Å². The van der Waals surface area contributed by atoms with Crippen molar-refractivity contribution in [2.24, 2.45) is 5.16 Å². The number of fused-ring (bicyclic) bond motifs is 1. The normalized spacial score (nSPS) is 22.0. The van der Waals surface area contributed by atoms with Gasteiger partial charge in [0.2, 0.25) is 0 Å². The maximum Gasteiger partial charge on any atom is 0.0871 e. The van der Waals surface area contributed by atoms with Gasteiger partial charge >= 0.3 is 0 Å². The lowest BCUT2D eigenvalue weighted by atomic mass is 9.89. The number of hydrogen-bond donors (Lipinski definition) is 1. The van der Waals surface area contributed by atoms with Crippen LogP contribution in [0, 0.1) is 0 Å². The van der Waals surface area contributed by atoms with Crippen molar-refractivity contribution in [3.63, 3.8) is 0 Å². The van der Waals surface area contributed by atoms with Gasteiger partial charge in [-0.3, -0.25) is 0 Å². The Labute approximate surface area is 107 Å². The topological polar surface area (TPSA) is 45.1 Å². The summed E-state index contributed by atoms with van der Waals surface area (Å²) in [6.45, 7) is 3.45. The highest BCUT2D eigenvalue weighted by atomic mass is 16.5. The minimum absolute atomic E-state index is 0.790. The summed E-state index contributed by atoms with van der Waals surface area (Å²) >= 11 is 0. The lowest BCUT2D eigenvalue weighted by Gasteiger charge is -2.30. The van der Waals surface area contributed by atoms with Crippen LogP contribution in [0.5, 0.6) is 0 Å². The average Bonchev–Trinajstić information content (AvgIpc) is 2.47. The van der Waals surface area contributed by atoms with Crippen LogP contribution in [0.25, 0.3) is 0 Å². The molecule has 1 N–H and O–H groups in total. The fraction of sp³-hybridized carbons (Fsp3) is 0.500. The van der Waals surface area contributed by atoms with E-state index in [1.54, 1.807) is 0 Å². The van der Waals surface area contributed by atoms with Gasteiger partial charge in [-0.2, -0.15) is 0 Å². The van der Waals surface area contributed by atoms with E-state index in [2.05, 4.69) is 28.3 Å². The summed E-state index contributed by atoms with van der Waals surface area (Å²) in [5.41, 5.74) is 4.45. The van der Waals surface area contributed by atoms with Gasteiger partial charge in [0.05, 0.1) is 18.9 Å². The van der Waals surface area contributed by atoms with Gasteiger partial charge in [-0.15, -0.1) is 0 Å². The molecule has 1 aromatic rings. The Kier molecular flexibility index (Phi) is 3.19. The molecule has 0 unspecified atom stereocenters. The number of morpholine rings is 1. The molecular formula is C14H18N2O2. The van der Waals surface area contributed by atoms with Crippen LogP contribution in [0.1, 0.15) is 24.0 Å². The van der Waals surface area contributed by atoms with Crippen LogP contribution in [-0.2, 0) is 11.2 Å². The summed E-state index contributed by atoms with van der Waals surface area (Å²) in [5, 5.41) is 12.5. The maximum atomic E-state index is 9.09. The molecule has 1 fully saturated rings. The molecule has 1 aliphatic carbocycles. The van der Waals surface area contributed by atoms with E-state index in [1.165, 1.54) is 11.3 Å². The lowest BCUT2D eigenvalue weighted by Crippen LogP contribution is -2.36. The molecule has 0 radical (unpaired) electrons. The fourth-order valence-electron chi connectivity index (χ4n) is 2.75. The zero-order valence-electron chi connectivity index (χ0n) is 10.4. The van der Waals surface area contributed by atoms with Crippen LogP contribution in [-0.4, -0.2) is 37.2 Å². The summed E-state index contributed by atoms with van der Waals surface area (Å²) < 4.78 is 5.37. The smallest absolute Gasteiger partial charge is 0.0871 e. The first-order valence-corrected chi connectivity index (χ1v) is 6.55. The fourth-order valence-corrected chi connectivity index (χ4v) is 2.75. The van der Waals surface area contributed by atoms with Gasteiger partial charge in [0.1, 0.15) is 0 Å². The van der Waals surface area contributed by atoms with Crippen LogP contribution in [0.2, 0.25) is 0 Å². The summed E-state index contributed by atoms with van der Waals surface area (Å²) in [6, 6.07) is 6.50. The number of aryl methyl sites for hydroxylation is 1. The molecule has 0 spiro atoms. The minimum Gasteiger partial charge on any atom is -0.411 e. The number of hydrogen-bond acceptors (Lipinski definition) is 4. The monoisotopic (exact) mass is 246 g/mol. The van der Waals surface area contributed by atoms with Gasteiger partial charge in [-0.05, 0) is 37.0 Å². The predicted molar refractivity (Wildman–Crippen MR) is 70.7 cm³/mol. The lowest BCUT2D eigenvalue weighted by molar-refractivity contribution is 0.122. The van der Waals surface area contributed by atoms with Crippen molar-refractivity contribution in [3.8, 4) is 0 Å². The van der Waals surface area contributed by atoms with Gasteiger partial charge in [-0.1, -0.05) is 11.2 Å². The van der Waals surface area contributed by atoms with Crippen molar-refractivity contribution in [2.45, 2.75) is 19.3 Å². The molecular weight excluding hydrogens is 228 g/mol. The van der Waals surface area contributed by atoms with Crippen molar-refractivity contribution in [1.29, 1.82) is 0 Å². The molecule has 4 heteroatoms. The Hall–Kier alpha value is -1.55. The molecule has 3 rings (SSSR count). The van der Waals surface area contributed by atoms with Gasteiger partial charge in [-0.25, -0.2) is 0 Å². The van der Waals surface area contributed by atoms with Crippen molar-refractivity contribution in [2.75, 3.05) is 31.2 Å². The second-order valence-corrected chi connectivity index (χ2v) is 4.84. The van der Waals surface area contributed by atoms with E-state index in [0.29, 0.717) is 0 Å². The van der Waals surface area contributed by atoms with Crippen molar-refractivity contribution >= 4 is 11.4 Å². The van der Waals surface area contributed by atoms with E-state index in [4.69, 9.17) is 9.94 Å². The van der Waals surface area contributed by atoms with Crippen molar-refractivity contribution in [1.82, 2.24) is 0 Å².